The molecule has 25 heavy (non-hydrogen) atoms. The van der Waals surface area contributed by atoms with Crippen LogP contribution < -0.4 is 10.1 Å². The van der Waals surface area contributed by atoms with Crippen molar-refractivity contribution in [3.63, 3.8) is 0 Å². The Labute approximate surface area is 156 Å². The molecule has 0 heterocycles. The summed E-state index contributed by atoms with van der Waals surface area (Å²) < 4.78 is 5.46. The maximum Gasteiger partial charge on any atom is 0.257 e. The van der Waals surface area contributed by atoms with Gasteiger partial charge in [0.1, 0.15) is 5.75 Å². The number of ether oxygens (including phenoxy) is 1. The monoisotopic (exact) mass is 380 g/mol. The predicted octanol–water partition coefficient (Wildman–Crippen LogP) is 4.10. The first kappa shape index (κ1) is 19.1. The second-order valence-corrected chi connectivity index (χ2v) is 6.08. The van der Waals surface area contributed by atoms with E-state index in [9.17, 15) is 9.59 Å². The van der Waals surface area contributed by atoms with Gasteiger partial charge in [-0.2, -0.15) is 0 Å². The van der Waals surface area contributed by atoms with E-state index in [4.69, 9.17) is 27.9 Å². The molecular formula is C18H18Cl2N2O3. The number of halogens is 2. The minimum absolute atomic E-state index is 0.112. The van der Waals surface area contributed by atoms with Crippen LogP contribution in [-0.2, 0) is 4.79 Å². The van der Waals surface area contributed by atoms with Crippen LogP contribution in [0.3, 0.4) is 0 Å². The topological polar surface area (TPSA) is 58.6 Å². The molecule has 0 atom stereocenters. The smallest absolute Gasteiger partial charge is 0.257 e. The Balaban J connectivity index is 2.03. The minimum atomic E-state index is -0.344. The molecule has 132 valence electrons. The summed E-state index contributed by atoms with van der Waals surface area (Å²) in [6.07, 6.45) is 0. The van der Waals surface area contributed by atoms with Crippen LogP contribution >= 0.6 is 23.2 Å². The number of likely N-dealkylation sites (N-methyl/N-ethyl adjacent to an activating group) is 1. The standard InChI is InChI=1S/C18H18Cl2N2O3/c1-3-25-16-7-5-4-6-13(16)18(24)22(2)11-17(23)21-12-8-9-14(19)15(20)10-12/h4-10H,3,11H2,1-2H3,(H,21,23). The number of carbonyl (C=O) groups is 2. The Morgan fingerprint density at radius 1 is 1.12 bits per heavy atom. The van der Waals surface area contributed by atoms with E-state index in [0.717, 1.165) is 0 Å². The number of anilines is 1. The van der Waals surface area contributed by atoms with Gasteiger partial charge in [-0.05, 0) is 37.3 Å². The quantitative estimate of drug-likeness (QED) is 0.820. The van der Waals surface area contributed by atoms with E-state index >= 15 is 0 Å². The SMILES string of the molecule is CCOc1ccccc1C(=O)N(C)CC(=O)Nc1ccc(Cl)c(Cl)c1. The van der Waals surface area contributed by atoms with Gasteiger partial charge in [0.2, 0.25) is 5.91 Å². The molecule has 0 aliphatic carbocycles. The first-order valence-electron chi connectivity index (χ1n) is 7.64. The third kappa shape index (κ3) is 5.11. The van der Waals surface area contributed by atoms with E-state index in [1.807, 2.05) is 6.92 Å². The lowest BCUT2D eigenvalue weighted by Crippen LogP contribution is -2.35. The number of hydrogen-bond acceptors (Lipinski definition) is 3. The zero-order chi connectivity index (χ0) is 18.4. The van der Waals surface area contributed by atoms with Crippen LogP contribution in [0.1, 0.15) is 17.3 Å². The van der Waals surface area contributed by atoms with Gasteiger partial charge < -0.3 is 15.0 Å². The molecule has 0 unspecified atom stereocenters. The van der Waals surface area contributed by atoms with Gasteiger partial charge in [-0.15, -0.1) is 0 Å². The maximum atomic E-state index is 12.6. The van der Waals surface area contributed by atoms with Crippen LogP contribution in [0, 0.1) is 0 Å². The molecule has 0 fully saturated rings. The normalized spacial score (nSPS) is 10.2. The molecule has 2 amide bonds. The average molecular weight is 381 g/mol. The van der Waals surface area contributed by atoms with Crippen molar-refractivity contribution in [3.05, 3.63) is 58.1 Å². The van der Waals surface area contributed by atoms with E-state index in [2.05, 4.69) is 5.32 Å². The molecule has 2 aromatic carbocycles. The Hall–Kier alpha value is -2.24. The third-order valence-electron chi connectivity index (χ3n) is 3.35. The summed E-state index contributed by atoms with van der Waals surface area (Å²) in [5, 5.41) is 3.42. The molecule has 5 nitrogen and oxygen atoms in total. The lowest BCUT2D eigenvalue weighted by atomic mass is 10.1. The largest absolute Gasteiger partial charge is 0.493 e. The Morgan fingerprint density at radius 2 is 1.84 bits per heavy atom. The fourth-order valence-corrected chi connectivity index (χ4v) is 2.49. The molecule has 0 radical (unpaired) electrons. The van der Waals surface area contributed by atoms with E-state index in [0.29, 0.717) is 33.7 Å². The van der Waals surface area contributed by atoms with E-state index in [1.54, 1.807) is 49.5 Å². The van der Waals surface area contributed by atoms with Crippen molar-refractivity contribution in [2.75, 3.05) is 25.5 Å². The molecule has 0 bridgehead atoms. The molecule has 2 rings (SSSR count). The number of para-hydroxylation sites is 1. The number of rotatable bonds is 6. The molecule has 0 spiro atoms. The maximum absolute atomic E-state index is 12.6. The van der Waals surface area contributed by atoms with Crippen molar-refractivity contribution < 1.29 is 14.3 Å². The summed E-state index contributed by atoms with van der Waals surface area (Å²) in [7, 11) is 1.56. The summed E-state index contributed by atoms with van der Waals surface area (Å²) in [6, 6.07) is 11.7. The molecule has 1 N–H and O–H groups in total. The van der Waals surface area contributed by atoms with Crippen molar-refractivity contribution in [1.29, 1.82) is 0 Å². The van der Waals surface area contributed by atoms with Crippen LogP contribution in [0.15, 0.2) is 42.5 Å². The van der Waals surface area contributed by atoms with Gasteiger partial charge in [-0.25, -0.2) is 0 Å². The number of benzene rings is 2. The zero-order valence-corrected chi connectivity index (χ0v) is 15.4. The van der Waals surface area contributed by atoms with E-state index < -0.39 is 0 Å². The molecule has 2 aromatic rings. The van der Waals surface area contributed by atoms with Gasteiger partial charge >= 0.3 is 0 Å². The van der Waals surface area contributed by atoms with Crippen molar-refractivity contribution in [1.82, 2.24) is 4.90 Å². The first-order chi connectivity index (χ1) is 11.9. The van der Waals surface area contributed by atoms with Gasteiger partial charge in [-0.1, -0.05) is 35.3 Å². The second kappa shape index (κ2) is 8.74. The lowest BCUT2D eigenvalue weighted by Gasteiger charge is -2.18. The highest BCUT2D eigenvalue weighted by Crippen LogP contribution is 2.25. The summed E-state index contributed by atoms with van der Waals surface area (Å²) in [5.74, 6) is -0.150. The number of amides is 2. The van der Waals surface area contributed by atoms with Crippen LogP contribution in [0.2, 0.25) is 10.0 Å². The van der Waals surface area contributed by atoms with Crippen molar-refractivity contribution in [2.24, 2.45) is 0 Å². The van der Waals surface area contributed by atoms with Crippen LogP contribution in [0.25, 0.3) is 0 Å². The summed E-state index contributed by atoms with van der Waals surface area (Å²) in [6.45, 7) is 2.18. The molecule has 0 aromatic heterocycles. The Kier molecular flexibility index (Phi) is 6.67. The summed E-state index contributed by atoms with van der Waals surface area (Å²) in [5.41, 5.74) is 0.921. The van der Waals surface area contributed by atoms with E-state index in [1.165, 1.54) is 4.90 Å². The van der Waals surface area contributed by atoms with Crippen LogP contribution in [0.5, 0.6) is 5.75 Å². The molecule has 0 saturated heterocycles. The number of nitrogens with zero attached hydrogens (tertiary/aromatic N) is 1. The summed E-state index contributed by atoms with van der Waals surface area (Å²) in [4.78, 5) is 26.0. The number of hydrogen-bond donors (Lipinski definition) is 1. The third-order valence-corrected chi connectivity index (χ3v) is 4.09. The highest BCUT2D eigenvalue weighted by atomic mass is 35.5. The van der Waals surface area contributed by atoms with Gasteiger partial charge in [0.15, 0.2) is 0 Å². The van der Waals surface area contributed by atoms with Gasteiger partial charge in [0.25, 0.3) is 5.91 Å². The average Bonchev–Trinajstić information content (AvgIpc) is 2.58. The van der Waals surface area contributed by atoms with Gasteiger partial charge in [0, 0.05) is 12.7 Å². The highest BCUT2D eigenvalue weighted by molar-refractivity contribution is 6.42. The summed E-state index contributed by atoms with van der Waals surface area (Å²) >= 11 is 11.8. The Morgan fingerprint density at radius 3 is 2.52 bits per heavy atom. The molecule has 7 heteroatoms. The van der Waals surface area contributed by atoms with Crippen molar-refractivity contribution in [3.8, 4) is 5.75 Å². The zero-order valence-electron chi connectivity index (χ0n) is 13.9. The molecular weight excluding hydrogens is 363 g/mol. The molecule has 0 aliphatic heterocycles. The number of carbonyl (C=O) groups excluding carboxylic acids is 2. The van der Waals surface area contributed by atoms with Gasteiger partial charge in [0.05, 0.1) is 28.8 Å². The number of nitrogens with one attached hydrogen (secondary N) is 1. The molecule has 0 aliphatic rings. The van der Waals surface area contributed by atoms with Crippen LogP contribution in [0.4, 0.5) is 5.69 Å². The van der Waals surface area contributed by atoms with Gasteiger partial charge in [-0.3, -0.25) is 9.59 Å². The minimum Gasteiger partial charge on any atom is -0.493 e. The fraction of sp³-hybridized carbons (Fsp3) is 0.222. The van der Waals surface area contributed by atoms with Crippen molar-refractivity contribution >= 4 is 40.7 Å². The second-order valence-electron chi connectivity index (χ2n) is 5.27. The molecule has 0 saturated carbocycles. The van der Waals surface area contributed by atoms with Crippen LogP contribution in [-0.4, -0.2) is 36.9 Å². The predicted molar refractivity (Wildman–Crippen MR) is 99.7 cm³/mol. The fourth-order valence-electron chi connectivity index (χ4n) is 2.19. The highest BCUT2D eigenvalue weighted by Gasteiger charge is 2.18. The van der Waals surface area contributed by atoms with Crippen molar-refractivity contribution in [2.45, 2.75) is 6.92 Å². The van der Waals surface area contributed by atoms with E-state index in [-0.39, 0.29) is 18.4 Å². The lowest BCUT2D eigenvalue weighted by molar-refractivity contribution is -0.116. The first-order valence-corrected chi connectivity index (χ1v) is 8.40. The Bertz CT molecular complexity index is 781.